The van der Waals surface area contributed by atoms with Gasteiger partial charge in [-0.1, -0.05) is 29.8 Å². The van der Waals surface area contributed by atoms with E-state index in [9.17, 15) is 0 Å². The van der Waals surface area contributed by atoms with Gasteiger partial charge in [0.15, 0.2) is 11.5 Å². The lowest BCUT2D eigenvalue weighted by molar-refractivity contribution is 0.284. The molecule has 0 bridgehead atoms. The smallest absolute Gasteiger partial charge is 0.161 e. The molecule has 0 aliphatic heterocycles. The van der Waals surface area contributed by atoms with Crippen LogP contribution in [0.25, 0.3) is 0 Å². The van der Waals surface area contributed by atoms with Crippen molar-refractivity contribution < 1.29 is 9.47 Å². The van der Waals surface area contributed by atoms with Gasteiger partial charge in [0.2, 0.25) is 0 Å². The van der Waals surface area contributed by atoms with Crippen LogP contribution < -0.4 is 14.9 Å². The Morgan fingerprint density at radius 3 is 2.52 bits per heavy atom. The second kappa shape index (κ2) is 7.33. The average molecular weight is 284 g/mol. The van der Waals surface area contributed by atoms with Crippen molar-refractivity contribution in [1.29, 1.82) is 0 Å². The number of hydrogen-bond donors (Lipinski definition) is 1. The summed E-state index contributed by atoms with van der Waals surface area (Å²) >= 11 is 0. The minimum Gasteiger partial charge on any atom is -0.493 e. The van der Waals surface area contributed by atoms with Crippen LogP contribution in [0.1, 0.15) is 16.7 Å². The SMILES string of the molecule is CN/N=C/c1ccc(OCc2ccc(C)cc2)c(OC)c1. The van der Waals surface area contributed by atoms with Crippen LogP contribution in [0.4, 0.5) is 0 Å². The number of ether oxygens (including phenoxy) is 2. The maximum atomic E-state index is 5.83. The van der Waals surface area contributed by atoms with E-state index in [0.29, 0.717) is 12.4 Å². The summed E-state index contributed by atoms with van der Waals surface area (Å²) in [5, 5.41) is 3.98. The number of aryl methyl sites for hydroxylation is 1. The second-order valence-corrected chi connectivity index (χ2v) is 4.67. The van der Waals surface area contributed by atoms with Crippen LogP contribution in [0.3, 0.4) is 0 Å². The lowest BCUT2D eigenvalue weighted by Gasteiger charge is -2.11. The number of nitrogens with one attached hydrogen (secondary N) is 1. The van der Waals surface area contributed by atoms with Gasteiger partial charge in [0.05, 0.1) is 13.3 Å². The van der Waals surface area contributed by atoms with E-state index in [4.69, 9.17) is 9.47 Å². The van der Waals surface area contributed by atoms with E-state index in [1.165, 1.54) is 5.56 Å². The van der Waals surface area contributed by atoms with Gasteiger partial charge in [-0.15, -0.1) is 0 Å². The first-order valence-corrected chi connectivity index (χ1v) is 6.79. The summed E-state index contributed by atoms with van der Waals surface area (Å²) in [5.41, 5.74) is 6.03. The summed E-state index contributed by atoms with van der Waals surface area (Å²) in [6.07, 6.45) is 1.73. The molecular weight excluding hydrogens is 264 g/mol. The summed E-state index contributed by atoms with van der Waals surface area (Å²) < 4.78 is 11.2. The van der Waals surface area contributed by atoms with Crippen molar-refractivity contribution in [2.24, 2.45) is 5.10 Å². The molecule has 2 rings (SSSR count). The molecule has 0 heterocycles. The van der Waals surface area contributed by atoms with Gasteiger partial charge in [0, 0.05) is 7.05 Å². The first-order chi connectivity index (χ1) is 10.2. The van der Waals surface area contributed by atoms with Gasteiger partial charge in [-0.25, -0.2) is 0 Å². The van der Waals surface area contributed by atoms with E-state index < -0.39 is 0 Å². The zero-order valence-corrected chi connectivity index (χ0v) is 12.6. The standard InChI is InChI=1S/C17H20N2O2/c1-13-4-6-14(7-5-13)12-21-16-9-8-15(11-19-18-2)10-17(16)20-3/h4-11,18H,12H2,1-3H3/b19-11+. The third kappa shape index (κ3) is 4.24. The highest BCUT2D eigenvalue weighted by Crippen LogP contribution is 2.28. The number of rotatable bonds is 6. The summed E-state index contributed by atoms with van der Waals surface area (Å²) in [6.45, 7) is 2.58. The number of hydrogen-bond acceptors (Lipinski definition) is 4. The normalized spacial score (nSPS) is 10.6. The Bertz CT molecular complexity index is 607. The maximum Gasteiger partial charge on any atom is 0.161 e. The Balaban J connectivity index is 2.08. The molecule has 21 heavy (non-hydrogen) atoms. The largest absolute Gasteiger partial charge is 0.493 e. The van der Waals surface area contributed by atoms with Crippen LogP contribution in [0.15, 0.2) is 47.6 Å². The number of hydrazone groups is 1. The molecule has 4 nitrogen and oxygen atoms in total. The van der Waals surface area contributed by atoms with E-state index >= 15 is 0 Å². The molecule has 0 aromatic heterocycles. The summed E-state index contributed by atoms with van der Waals surface area (Å²) in [4.78, 5) is 0. The Morgan fingerprint density at radius 1 is 1.10 bits per heavy atom. The monoisotopic (exact) mass is 284 g/mol. The van der Waals surface area contributed by atoms with Crippen molar-refractivity contribution in [3.05, 3.63) is 59.2 Å². The van der Waals surface area contributed by atoms with Crippen molar-refractivity contribution in [3.63, 3.8) is 0 Å². The highest BCUT2D eigenvalue weighted by molar-refractivity contribution is 5.80. The molecule has 0 fully saturated rings. The maximum absolute atomic E-state index is 5.83. The van der Waals surface area contributed by atoms with Crippen molar-refractivity contribution in [2.45, 2.75) is 13.5 Å². The molecule has 2 aromatic rings. The average Bonchev–Trinajstić information content (AvgIpc) is 2.52. The molecule has 0 atom stereocenters. The molecule has 1 N–H and O–H groups in total. The fourth-order valence-corrected chi connectivity index (χ4v) is 1.87. The fourth-order valence-electron chi connectivity index (χ4n) is 1.87. The highest BCUT2D eigenvalue weighted by atomic mass is 16.5. The van der Waals surface area contributed by atoms with Crippen molar-refractivity contribution in [3.8, 4) is 11.5 Å². The number of nitrogens with zero attached hydrogens (tertiary/aromatic N) is 1. The Kier molecular flexibility index (Phi) is 5.21. The topological polar surface area (TPSA) is 42.9 Å². The first kappa shape index (κ1) is 14.9. The Morgan fingerprint density at radius 2 is 1.86 bits per heavy atom. The van der Waals surface area contributed by atoms with Crippen LogP contribution in [-0.4, -0.2) is 20.4 Å². The zero-order valence-electron chi connectivity index (χ0n) is 12.6. The molecule has 110 valence electrons. The van der Waals surface area contributed by atoms with Crippen LogP contribution in [-0.2, 0) is 6.61 Å². The third-order valence-corrected chi connectivity index (χ3v) is 3.05. The van der Waals surface area contributed by atoms with Crippen molar-refractivity contribution in [2.75, 3.05) is 14.2 Å². The molecule has 0 aliphatic carbocycles. The fraction of sp³-hybridized carbons (Fsp3) is 0.235. The van der Waals surface area contributed by atoms with Crippen molar-refractivity contribution >= 4 is 6.21 Å². The number of methoxy groups -OCH3 is 1. The van der Waals surface area contributed by atoms with E-state index in [-0.39, 0.29) is 0 Å². The van der Waals surface area contributed by atoms with Crippen LogP contribution >= 0.6 is 0 Å². The molecule has 4 heteroatoms. The van der Waals surface area contributed by atoms with Gasteiger partial charge in [-0.2, -0.15) is 5.10 Å². The third-order valence-electron chi connectivity index (χ3n) is 3.05. The minimum atomic E-state index is 0.514. The lowest BCUT2D eigenvalue weighted by Crippen LogP contribution is -1.99. The highest BCUT2D eigenvalue weighted by Gasteiger charge is 2.05. The molecular formula is C17H20N2O2. The molecule has 0 radical (unpaired) electrons. The molecule has 0 amide bonds. The Labute approximate surface area is 125 Å². The molecule has 2 aromatic carbocycles. The van der Waals surface area contributed by atoms with E-state index in [1.807, 2.05) is 18.2 Å². The molecule has 0 saturated carbocycles. The van der Waals surface area contributed by atoms with Gasteiger partial charge in [0.1, 0.15) is 6.61 Å². The van der Waals surface area contributed by atoms with Gasteiger partial charge < -0.3 is 14.9 Å². The Hall–Kier alpha value is -2.49. The van der Waals surface area contributed by atoms with E-state index in [1.54, 1.807) is 20.4 Å². The van der Waals surface area contributed by atoms with Crippen LogP contribution in [0.2, 0.25) is 0 Å². The van der Waals surface area contributed by atoms with Crippen molar-refractivity contribution in [1.82, 2.24) is 5.43 Å². The van der Waals surface area contributed by atoms with Gasteiger partial charge in [-0.05, 0) is 36.2 Å². The van der Waals surface area contributed by atoms with E-state index in [0.717, 1.165) is 16.9 Å². The summed E-state index contributed by atoms with van der Waals surface area (Å²) in [6, 6.07) is 14.0. The summed E-state index contributed by atoms with van der Waals surface area (Å²) in [7, 11) is 3.39. The lowest BCUT2D eigenvalue weighted by atomic mass is 10.2. The number of benzene rings is 2. The molecule has 0 saturated heterocycles. The zero-order chi connectivity index (χ0) is 15.1. The van der Waals surface area contributed by atoms with E-state index in [2.05, 4.69) is 41.7 Å². The van der Waals surface area contributed by atoms with Gasteiger partial charge in [0.25, 0.3) is 0 Å². The van der Waals surface area contributed by atoms with Crippen LogP contribution in [0, 0.1) is 6.92 Å². The second-order valence-electron chi connectivity index (χ2n) is 4.67. The van der Waals surface area contributed by atoms with Gasteiger partial charge in [-0.3, -0.25) is 0 Å². The molecule has 0 spiro atoms. The van der Waals surface area contributed by atoms with Gasteiger partial charge >= 0.3 is 0 Å². The quantitative estimate of drug-likeness (QED) is 0.654. The predicted molar refractivity (Wildman–Crippen MR) is 85.2 cm³/mol. The van der Waals surface area contributed by atoms with Crippen LogP contribution in [0.5, 0.6) is 11.5 Å². The molecule has 0 aliphatic rings. The molecule has 0 unspecified atom stereocenters. The predicted octanol–water partition coefficient (Wildman–Crippen LogP) is 3.14. The minimum absolute atomic E-state index is 0.514. The summed E-state index contributed by atoms with van der Waals surface area (Å²) in [5.74, 6) is 1.42. The first-order valence-electron chi connectivity index (χ1n) is 6.79.